The first-order valence-corrected chi connectivity index (χ1v) is 6.84. The fourth-order valence-electron chi connectivity index (χ4n) is 2.39. The molecule has 1 aliphatic rings. The lowest BCUT2D eigenvalue weighted by atomic mass is 9.95. The van der Waals surface area contributed by atoms with Crippen molar-refractivity contribution in [2.24, 2.45) is 0 Å². The van der Waals surface area contributed by atoms with Crippen LogP contribution in [0.15, 0.2) is 18.2 Å². The van der Waals surface area contributed by atoms with Crippen LogP contribution >= 0.6 is 0 Å². The van der Waals surface area contributed by atoms with Gasteiger partial charge in [0.25, 0.3) is 5.91 Å². The Hall–Kier alpha value is -1.58. The van der Waals surface area contributed by atoms with E-state index in [0.29, 0.717) is 5.56 Å². The van der Waals surface area contributed by atoms with E-state index in [-0.39, 0.29) is 24.3 Å². The zero-order valence-electron chi connectivity index (χ0n) is 11.2. The highest BCUT2D eigenvalue weighted by atomic mass is 19.1. The normalized spacial score (nSPS) is 16.1. The third kappa shape index (κ3) is 3.94. The van der Waals surface area contributed by atoms with Gasteiger partial charge in [-0.3, -0.25) is 4.79 Å². The molecule has 0 bridgehead atoms. The van der Waals surface area contributed by atoms with Gasteiger partial charge in [-0.25, -0.2) is 4.39 Å². The first-order valence-electron chi connectivity index (χ1n) is 6.84. The van der Waals surface area contributed by atoms with Crippen LogP contribution in [0.1, 0.15) is 37.7 Å². The molecular weight excluding hydrogens is 245 g/mol. The number of ether oxygens (including phenoxy) is 1. The minimum Gasteiger partial charge on any atom is -0.481 e. The van der Waals surface area contributed by atoms with Crippen molar-refractivity contribution in [3.05, 3.63) is 29.6 Å². The second kappa shape index (κ2) is 6.55. The van der Waals surface area contributed by atoms with Crippen LogP contribution in [0.5, 0.6) is 5.75 Å². The van der Waals surface area contributed by atoms with Gasteiger partial charge in [-0.05, 0) is 31.4 Å². The highest BCUT2D eigenvalue weighted by molar-refractivity contribution is 5.77. The fraction of sp³-hybridized carbons (Fsp3) is 0.533. The maximum atomic E-state index is 13.7. The molecule has 3 nitrogen and oxygen atoms in total. The maximum absolute atomic E-state index is 13.7. The summed E-state index contributed by atoms with van der Waals surface area (Å²) >= 11 is 0. The third-order valence-electron chi connectivity index (χ3n) is 3.49. The monoisotopic (exact) mass is 265 g/mol. The smallest absolute Gasteiger partial charge is 0.258 e. The lowest BCUT2D eigenvalue weighted by Gasteiger charge is -2.22. The molecule has 1 aromatic rings. The van der Waals surface area contributed by atoms with Crippen LogP contribution in [-0.4, -0.2) is 18.6 Å². The summed E-state index contributed by atoms with van der Waals surface area (Å²) in [6.07, 6.45) is 5.64. The summed E-state index contributed by atoms with van der Waals surface area (Å²) in [5, 5.41) is 2.94. The van der Waals surface area contributed by atoms with Crippen molar-refractivity contribution in [2.75, 3.05) is 6.61 Å². The number of rotatable bonds is 4. The lowest BCUT2D eigenvalue weighted by molar-refractivity contribution is -0.124. The summed E-state index contributed by atoms with van der Waals surface area (Å²) in [4.78, 5) is 11.7. The second-order valence-corrected chi connectivity index (χ2v) is 5.08. The highest BCUT2D eigenvalue weighted by Crippen LogP contribution is 2.20. The number of carbonyl (C=O) groups excluding carboxylic acids is 1. The first-order chi connectivity index (χ1) is 9.16. The van der Waals surface area contributed by atoms with Crippen molar-refractivity contribution >= 4 is 5.91 Å². The van der Waals surface area contributed by atoms with Gasteiger partial charge in [0, 0.05) is 6.04 Å². The zero-order chi connectivity index (χ0) is 13.7. The molecule has 0 aromatic heterocycles. The van der Waals surface area contributed by atoms with Gasteiger partial charge >= 0.3 is 0 Å². The van der Waals surface area contributed by atoms with E-state index in [2.05, 4.69) is 5.32 Å². The molecule has 1 saturated carbocycles. The average molecular weight is 265 g/mol. The molecule has 4 heteroatoms. The van der Waals surface area contributed by atoms with Crippen molar-refractivity contribution in [3.8, 4) is 5.75 Å². The van der Waals surface area contributed by atoms with E-state index in [1.54, 1.807) is 19.1 Å². The van der Waals surface area contributed by atoms with Crippen LogP contribution in [0.4, 0.5) is 4.39 Å². The summed E-state index contributed by atoms with van der Waals surface area (Å²) in [6, 6.07) is 5.18. The van der Waals surface area contributed by atoms with E-state index >= 15 is 0 Å². The third-order valence-corrected chi connectivity index (χ3v) is 3.49. The Morgan fingerprint density at radius 3 is 2.84 bits per heavy atom. The molecule has 0 aliphatic heterocycles. The van der Waals surface area contributed by atoms with Crippen molar-refractivity contribution < 1.29 is 13.9 Å². The van der Waals surface area contributed by atoms with Crippen LogP contribution < -0.4 is 10.1 Å². The van der Waals surface area contributed by atoms with E-state index in [4.69, 9.17) is 4.74 Å². The van der Waals surface area contributed by atoms with Crippen LogP contribution in [0.3, 0.4) is 0 Å². The molecule has 1 aliphatic carbocycles. The second-order valence-electron chi connectivity index (χ2n) is 5.08. The van der Waals surface area contributed by atoms with Gasteiger partial charge in [0.2, 0.25) is 0 Å². The minimum absolute atomic E-state index is 0.128. The largest absolute Gasteiger partial charge is 0.481 e. The Bertz CT molecular complexity index is 442. The summed E-state index contributed by atoms with van der Waals surface area (Å²) < 4.78 is 18.9. The number of aryl methyl sites for hydroxylation is 1. The number of hydrogen-bond acceptors (Lipinski definition) is 2. The SMILES string of the molecule is Cc1cccc(OCC(=O)NC2CCCCC2)c1F. The van der Waals surface area contributed by atoms with Gasteiger partial charge in [0.1, 0.15) is 0 Å². The number of nitrogens with one attached hydrogen (secondary N) is 1. The van der Waals surface area contributed by atoms with Crippen LogP contribution in [0.25, 0.3) is 0 Å². The van der Waals surface area contributed by atoms with Gasteiger partial charge in [0.05, 0.1) is 0 Å². The van der Waals surface area contributed by atoms with E-state index in [0.717, 1.165) is 25.7 Å². The maximum Gasteiger partial charge on any atom is 0.258 e. The van der Waals surface area contributed by atoms with Crippen molar-refractivity contribution in [1.82, 2.24) is 5.32 Å². The minimum atomic E-state index is -0.395. The van der Waals surface area contributed by atoms with Crippen LogP contribution in [0.2, 0.25) is 0 Å². The molecule has 0 atom stereocenters. The van der Waals surface area contributed by atoms with Gasteiger partial charge < -0.3 is 10.1 Å². The molecule has 1 fully saturated rings. The summed E-state index contributed by atoms with van der Waals surface area (Å²) in [5.41, 5.74) is 0.519. The number of amides is 1. The van der Waals surface area contributed by atoms with Crippen LogP contribution in [0, 0.1) is 12.7 Å². The van der Waals surface area contributed by atoms with E-state index in [1.807, 2.05) is 0 Å². The predicted molar refractivity (Wildman–Crippen MR) is 71.6 cm³/mol. The van der Waals surface area contributed by atoms with Gasteiger partial charge in [0.15, 0.2) is 18.2 Å². The predicted octanol–water partition coefficient (Wildman–Crippen LogP) is 2.96. The van der Waals surface area contributed by atoms with E-state index < -0.39 is 5.82 Å². The summed E-state index contributed by atoms with van der Waals surface area (Å²) in [6.45, 7) is 1.54. The summed E-state index contributed by atoms with van der Waals surface area (Å²) in [7, 11) is 0. The van der Waals surface area contributed by atoms with Gasteiger partial charge in [-0.1, -0.05) is 31.4 Å². The van der Waals surface area contributed by atoms with Gasteiger partial charge in [-0.2, -0.15) is 0 Å². The molecular formula is C15H20FNO2. The Kier molecular flexibility index (Phi) is 4.77. The Morgan fingerprint density at radius 2 is 2.11 bits per heavy atom. The fourth-order valence-corrected chi connectivity index (χ4v) is 2.39. The van der Waals surface area contributed by atoms with Crippen molar-refractivity contribution in [2.45, 2.75) is 45.1 Å². The topological polar surface area (TPSA) is 38.3 Å². The number of carbonyl (C=O) groups is 1. The molecule has 2 rings (SSSR count). The number of hydrogen-bond donors (Lipinski definition) is 1. The van der Waals surface area contributed by atoms with Gasteiger partial charge in [-0.15, -0.1) is 0 Å². The highest BCUT2D eigenvalue weighted by Gasteiger charge is 2.16. The molecule has 0 unspecified atom stereocenters. The van der Waals surface area contributed by atoms with Crippen molar-refractivity contribution in [3.63, 3.8) is 0 Å². The Morgan fingerprint density at radius 1 is 1.37 bits per heavy atom. The first kappa shape index (κ1) is 13.8. The molecule has 0 spiro atoms. The average Bonchev–Trinajstić information content (AvgIpc) is 2.42. The molecule has 0 heterocycles. The molecule has 0 saturated heterocycles. The Labute approximate surface area is 113 Å². The quantitative estimate of drug-likeness (QED) is 0.909. The number of benzene rings is 1. The lowest BCUT2D eigenvalue weighted by Crippen LogP contribution is -2.39. The molecule has 1 aromatic carbocycles. The Balaban J connectivity index is 1.81. The summed E-state index contributed by atoms with van der Waals surface area (Å²) in [5.74, 6) is -0.431. The molecule has 104 valence electrons. The number of halogens is 1. The van der Waals surface area contributed by atoms with E-state index in [1.165, 1.54) is 12.5 Å². The molecule has 0 radical (unpaired) electrons. The molecule has 19 heavy (non-hydrogen) atoms. The standard InChI is InChI=1S/C15H20FNO2/c1-11-6-5-9-13(15(11)16)19-10-14(18)17-12-7-3-2-4-8-12/h5-6,9,12H,2-4,7-8,10H2,1H3,(H,17,18). The van der Waals surface area contributed by atoms with E-state index in [9.17, 15) is 9.18 Å². The van der Waals surface area contributed by atoms with Crippen LogP contribution in [-0.2, 0) is 4.79 Å². The molecule has 1 amide bonds. The zero-order valence-corrected chi connectivity index (χ0v) is 11.2. The van der Waals surface area contributed by atoms with Crippen molar-refractivity contribution in [1.29, 1.82) is 0 Å². The molecule has 1 N–H and O–H groups in total.